The number of hydrogen-bond donors (Lipinski definition) is 0. The predicted molar refractivity (Wildman–Crippen MR) is 90.4 cm³/mol. The van der Waals surface area contributed by atoms with Crippen molar-refractivity contribution in [2.24, 2.45) is 5.92 Å². The zero-order valence-electron chi connectivity index (χ0n) is 14.2. The lowest BCUT2D eigenvalue weighted by Crippen LogP contribution is -2.48. The summed E-state index contributed by atoms with van der Waals surface area (Å²) in [6.45, 7) is 2.79. The van der Waals surface area contributed by atoms with Gasteiger partial charge in [-0.05, 0) is 37.4 Å². The molecular formula is C18H20F3N5. The molecule has 2 saturated heterocycles. The van der Waals surface area contributed by atoms with Crippen LogP contribution in [0.4, 0.5) is 19.0 Å². The third kappa shape index (κ3) is 3.38. The van der Waals surface area contributed by atoms with Crippen molar-refractivity contribution in [3.05, 3.63) is 48.2 Å². The normalized spacial score (nSPS) is 23.9. The maximum Gasteiger partial charge on any atom is 0.419 e. The van der Waals surface area contributed by atoms with Crippen molar-refractivity contribution in [3.63, 3.8) is 0 Å². The van der Waals surface area contributed by atoms with Crippen molar-refractivity contribution in [1.82, 2.24) is 19.9 Å². The Morgan fingerprint density at radius 3 is 2.69 bits per heavy atom. The van der Waals surface area contributed by atoms with Gasteiger partial charge in [-0.1, -0.05) is 0 Å². The quantitative estimate of drug-likeness (QED) is 0.839. The van der Waals surface area contributed by atoms with Gasteiger partial charge in [0.1, 0.15) is 5.82 Å². The molecule has 4 heterocycles. The number of nitrogens with zero attached hydrogens (tertiary/aromatic N) is 5. The smallest absolute Gasteiger partial charge is 0.355 e. The van der Waals surface area contributed by atoms with Crippen molar-refractivity contribution < 1.29 is 13.2 Å². The van der Waals surface area contributed by atoms with Crippen molar-refractivity contribution in [3.8, 4) is 0 Å². The van der Waals surface area contributed by atoms with E-state index < -0.39 is 11.7 Å². The molecule has 0 aromatic carbocycles. The minimum atomic E-state index is -4.39. The van der Waals surface area contributed by atoms with Crippen molar-refractivity contribution in [2.45, 2.75) is 31.6 Å². The van der Waals surface area contributed by atoms with Crippen LogP contribution in [0.15, 0.2) is 36.9 Å². The molecule has 0 spiro atoms. The summed E-state index contributed by atoms with van der Waals surface area (Å²) in [5, 5.41) is 0. The lowest BCUT2D eigenvalue weighted by atomic mass is 9.92. The van der Waals surface area contributed by atoms with Gasteiger partial charge in [0.25, 0.3) is 0 Å². The first-order valence-corrected chi connectivity index (χ1v) is 8.78. The predicted octanol–water partition coefficient (Wildman–Crippen LogP) is 2.99. The summed E-state index contributed by atoms with van der Waals surface area (Å²) in [5.41, 5.74) is 0.232. The molecule has 8 heteroatoms. The summed E-state index contributed by atoms with van der Waals surface area (Å²) in [7, 11) is 0. The highest BCUT2D eigenvalue weighted by Gasteiger charge is 2.41. The van der Waals surface area contributed by atoms with E-state index in [0.717, 1.165) is 31.1 Å². The molecular weight excluding hydrogens is 343 g/mol. The van der Waals surface area contributed by atoms with Gasteiger partial charge < -0.3 is 4.90 Å². The molecule has 2 unspecified atom stereocenters. The molecule has 2 aromatic heterocycles. The van der Waals surface area contributed by atoms with Crippen LogP contribution in [-0.2, 0) is 12.7 Å². The number of pyridine rings is 1. The largest absolute Gasteiger partial charge is 0.419 e. The third-order valence-corrected chi connectivity index (χ3v) is 5.35. The summed E-state index contributed by atoms with van der Waals surface area (Å²) >= 11 is 0. The molecule has 0 radical (unpaired) electrons. The molecule has 5 nitrogen and oxygen atoms in total. The Bertz CT molecular complexity index is 752. The van der Waals surface area contributed by atoms with E-state index in [0.29, 0.717) is 25.6 Å². The van der Waals surface area contributed by atoms with Gasteiger partial charge in [0, 0.05) is 50.5 Å². The molecule has 2 fully saturated rings. The van der Waals surface area contributed by atoms with Gasteiger partial charge in [-0.15, -0.1) is 0 Å². The van der Waals surface area contributed by atoms with E-state index in [-0.39, 0.29) is 11.9 Å². The van der Waals surface area contributed by atoms with E-state index in [2.05, 4.69) is 19.9 Å². The maximum atomic E-state index is 13.3. The Morgan fingerprint density at radius 1 is 1.08 bits per heavy atom. The molecule has 0 bridgehead atoms. The van der Waals surface area contributed by atoms with Crippen LogP contribution in [0.2, 0.25) is 0 Å². The number of halogens is 3. The maximum absolute atomic E-state index is 13.3. The molecule has 2 aliphatic heterocycles. The van der Waals surface area contributed by atoms with Gasteiger partial charge in [-0.2, -0.15) is 13.2 Å². The molecule has 0 aliphatic carbocycles. The highest BCUT2D eigenvalue weighted by atomic mass is 19.4. The topological polar surface area (TPSA) is 45.2 Å². The summed E-state index contributed by atoms with van der Waals surface area (Å²) in [5.74, 6) is 0.561. The van der Waals surface area contributed by atoms with Crippen molar-refractivity contribution in [1.29, 1.82) is 0 Å². The summed E-state index contributed by atoms with van der Waals surface area (Å²) in [6.07, 6.45) is 4.05. The first kappa shape index (κ1) is 17.2. The second kappa shape index (κ2) is 6.83. The van der Waals surface area contributed by atoms with Crippen LogP contribution in [0.1, 0.15) is 24.1 Å². The minimum absolute atomic E-state index is 0.0461. The molecule has 2 aliphatic rings. The number of piperidine rings is 1. The van der Waals surface area contributed by atoms with Crippen LogP contribution in [0.3, 0.4) is 0 Å². The monoisotopic (exact) mass is 363 g/mol. The number of hydrogen-bond acceptors (Lipinski definition) is 5. The highest BCUT2D eigenvalue weighted by molar-refractivity contribution is 5.49. The van der Waals surface area contributed by atoms with Gasteiger partial charge in [0.15, 0.2) is 0 Å². The molecule has 2 atom stereocenters. The fourth-order valence-corrected chi connectivity index (χ4v) is 4.11. The molecule has 0 amide bonds. The van der Waals surface area contributed by atoms with Crippen LogP contribution in [-0.4, -0.2) is 45.5 Å². The Labute approximate surface area is 149 Å². The number of rotatable bonds is 3. The zero-order chi connectivity index (χ0) is 18.1. The zero-order valence-corrected chi connectivity index (χ0v) is 14.2. The lowest BCUT2D eigenvalue weighted by molar-refractivity contribution is -0.137. The van der Waals surface area contributed by atoms with Crippen LogP contribution < -0.4 is 4.90 Å². The van der Waals surface area contributed by atoms with Gasteiger partial charge in [-0.3, -0.25) is 14.9 Å². The average Bonchev–Trinajstić information content (AvgIpc) is 3.04. The molecule has 0 N–H and O–H groups in total. The standard InChI is InChI=1S/C18H20F3N5/c19-18(20,21)15-2-1-5-24-17(15)26-9-4-13-3-8-25(16(13)12-26)11-14-10-22-6-7-23-14/h1-2,5-7,10,13,16H,3-4,8-9,11-12H2. The molecule has 2 aromatic rings. The van der Waals surface area contributed by atoms with Crippen LogP contribution >= 0.6 is 0 Å². The Morgan fingerprint density at radius 2 is 1.92 bits per heavy atom. The van der Waals surface area contributed by atoms with Gasteiger partial charge in [0.05, 0.1) is 11.3 Å². The van der Waals surface area contributed by atoms with Gasteiger partial charge in [-0.25, -0.2) is 4.98 Å². The first-order valence-electron chi connectivity index (χ1n) is 8.78. The van der Waals surface area contributed by atoms with E-state index in [4.69, 9.17) is 0 Å². The fourth-order valence-electron chi connectivity index (χ4n) is 4.11. The van der Waals surface area contributed by atoms with Crippen LogP contribution in [0.5, 0.6) is 0 Å². The molecule has 0 saturated carbocycles. The third-order valence-electron chi connectivity index (χ3n) is 5.35. The van der Waals surface area contributed by atoms with Crippen molar-refractivity contribution in [2.75, 3.05) is 24.5 Å². The summed E-state index contributed by atoms with van der Waals surface area (Å²) in [4.78, 5) is 16.6. The van der Waals surface area contributed by atoms with Crippen LogP contribution in [0, 0.1) is 5.92 Å². The summed E-state index contributed by atoms with van der Waals surface area (Å²) in [6, 6.07) is 2.67. The van der Waals surface area contributed by atoms with E-state index in [1.54, 1.807) is 23.5 Å². The first-order chi connectivity index (χ1) is 12.5. The molecule has 4 rings (SSSR count). The van der Waals surface area contributed by atoms with E-state index in [9.17, 15) is 13.2 Å². The number of alkyl halides is 3. The van der Waals surface area contributed by atoms with Crippen molar-refractivity contribution >= 4 is 5.82 Å². The Balaban J connectivity index is 1.54. The minimum Gasteiger partial charge on any atom is -0.355 e. The Hall–Kier alpha value is -2.22. The number of anilines is 1. The lowest BCUT2D eigenvalue weighted by Gasteiger charge is -2.39. The van der Waals surface area contributed by atoms with Crippen LogP contribution in [0.25, 0.3) is 0 Å². The molecule has 26 heavy (non-hydrogen) atoms. The summed E-state index contributed by atoms with van der Waals surface area (Å²) < 4.78 is 40.0. The van der Waals surface area contributed by atoms with Gasteiger partial charge >= 0.3 is 6.18 Å². The average molecular weight is 363 g/mol. The molecule has 138 valence electrons. The second-order valence-electron chi connectivity index (χ2n) is 6.89. The van der Waals surface area contributed by atoms with Gasteiger partial charge in [0.2, 0.25) is 0 Å². The second-order valence-corrected chi connectivity index (χ2v) is 6.89. The number of aromatic nitrogens is 3. The highest BCUT2D eigenvalue weighted by Crippen LogP contribution is 2.39. The SMILES string of the molecule is FC(F)(F)c1cccnc1N1CCC2CCN(Cc3cnccn3)C2C1. The number of fused-ring (bicyclic) bond motifs is 1. The van der Waals surface area contributed by atoms with E-state index in [1.807, 2.05) is 0 Å². The Kier molecular flexibility index (Phi) is 4.52. The van der Waals surface area contributed by atoms with E-state index >= 15 is 0 Å². The number of likely N-dealkylation sites (tertiary alicyclic amines) is 1. The fraction of sp³-hybridized carbons (Fsp3) is 0.500. The van der Waals surface area contributed by atoms with E-state index in [1.165, 1.54) is 12.3 Å².